The van der Waals surface area contributed by atoms with Crippen molar-refractivity contribution in [1.82, 2.24) is 5.32 Å². The Morgan fingerprint density at radius 3 is 2.57 bits per heavy atom. The highest BCUT2D eigenvalue weighted by atomic mass is 16.5. The van der Waals surface area contributed by atoms with Crippen molar-refractivity contribution in [3.05, 3.63) is 0 Å². The molecule has 0 radical (unpaired) electrons. The summed E-state index contributed by atoms with van der Waals surface area (Å²) in [6, 6.07) is 0.0187. The Hall–Kier alpha value is -0.120. The molecule has 0 amide bonds. The lowest BCUT2D eigenvalue weighted by molar-refractivity contribution is -0.0797. The van der Waals surface area contributed by atoms with Crippen molar-refractivity contribution >= 4 is 0 Å². The first-order valence-corrected chi connectivity index (χ1v) is 5.46. The van der Waals surface area contributed by atoms with Gasteiger partial charge in [-0.2, -0.15) is 0 Å². The molecule has 0 aromatic rings. The predicted octanol–water partition coefficient (Wildman–Crippen LogP) is 1.16. The highest BCUT2D eigenvalue weighted by molar-refractivity contribution is 4.91. The molecular formula is C11H23NO2. The smallest absolute Gasteiger partial charge is 0.0769 e. The maximum absolute atomic E-state index is 9.97. The fourth-order valence-electron chi connectivity index (χ4n) is 2.23. The van der Waals surface area contributed by atoms with Crippen molar-refractivity contribution in [2.75, 3.05) is 13.7 Å². The molecule has 0 saturated carbocycles. The van der Waals surface area contributed by atoms with Crippen molar-refractivity contribution in [1.29, 1.82) is 0 Å². The molecule has 3 nitrogen and oxygen atoms in total. The van der Waals surface area contributed by atoms with Gasteiger partial charge in [-0.3, -0.25) is 0 Å². The van der Waals surface area contributed by atoms with E-state index in [0.29, 0.717) is 5.92 Å². The van der Waals surface area contributed by atoms with E-state index in [1.165, 1.54) is 0 Å². The molecule has 1 aliphatic rings. The molecule has 1 fully saturated rings. The van der Waals surface area contributed by atoms with Gasteiger partial charge in [0.2, 0.25) is 0 Å². The van der Waals surface area contributed by atoms with Crippen LogP contribution in [0.5, 0.6) is 0 Å². The molecule has 1 rings (SSSR count). The quantitative estimate of drug-likeness (QED) is 0.720. The second-order valence-corrected chi connectivity index (χ2v) is 4.96. The van der Waals surface area contributed by atoms with Crippen LogP contribution in [0.25, 0.3) is 0 Å². The summed E-state index contributed by atoms with van der Waals surface area (Å²) in [5, 5.41) is 13.1. The summed E-state index contributed by atoms with van der Waals surface area (Å²) < 4.78 is 5.71. The molecular weight excluding hydrogens is 178 g/mol. The maximum atomic E-state index is 9.97. The van der Waals surface area contributed by atoms with E-state index in [2.05, 4.69) is 12.2 Å². The van der Waals surface area contributed by atoms with E-state index < -0.39 is 5.60 Å². The van der Waals surface area contributed by atoms with E-state index in [1.54, 1.807) is 0 Å². The zero-order valence-corrected chi connectivity index (χ0v) is 9.71. The van der Waals surface area contributed by atoms with E-state index in [9.17, 15) is 5.11 Å². The van der Waals surface area contributed by atoms with Crippen LogP contribution in [0.1, 0.15) is 33.6 Å². The van der Waals surface area contributed by atoms with Gasteiger partial charge < -0.3 is 15.2 Å². The summed E-state index contributed by atoms with van der Waals surface area (Å²) in [6.07, 6.45) is 2.32. The summed E-state index contributed by atoms with van der Waals surface area (Å²) in [7, 11) is 1.88. The van der Waals surface area contributed by atoms with Crippen LogP contribution in [0.3, 0.4) is 0 Å². The van der Waals surface area contributed by atoms with Crippen molar-refractivity contribution in [3.63, 3.8) is 0 Å². The number of aliphatic hydroxyl groups is 1. The zero-order chi connectivity index (χ0) is 10.8. The van der Waals surface area contributed by atoms with Crippen LogP contribution in [0, 0.1) is 5.92 Å². The van der Waals surface area contributed by atoms with E-state index in [0.717, 1.165) is 19.4 Å². The lowest BCUT2D eigenvalue weighted by Crippen LogP contribution is -2.55. The van der Waals surface area contributed by atoms with Gasteiger partial charge in [0.05, 0.1) is 17.7 Å². The van der Waals surface area contributed by atoms with Gasteiger partial charge in [0, 0.05) is 6.61 Å². The van der Waals surface area contributed by atoms with Gasteiger partial charge in [0.25, 0.3) is 0 Å². The van der Waals surface area contributed by atoms with Crippen molar-refractivity contribution in [2.45, 2.75) is 51.4 Å². The first-order chi connectivity index (χ1) is 6.45. The standard InChI is InChI=1S/C11H23NO2/c1-8-5-6-14-9(7-8)10(12-4)11(2,3)13/h8-10,12-13H,5-7H2,1-4H3. The Labute approximate surface area is 86.8 Å². The van der Waals surface area contributed by atoms with Crippen LogP contribution in [-0.4, -0.2) is 36.5 Å². The van der Waals surface area contributed by atoms with E-state index in [-0.39, 0.29) is 12.1 Å². The minimum atomic E-state index is -0.726. The van der Waals surface area contributed by atoms with Crippen LogP contribution in [0.15, 0.2) is 0 Å². The third-order valence-corrected chi connectivity index (χ3v) is 3.02. The third kappa shape index (κ3) is 2.94. The normalized spacial score (nSPS) is 31.5. The number of rotatable bonds is 3. The molecule has 3 heteroatoms. The first kappa shape index (κ1) is 12.0. The van der Waals surface area contributed by atoms with Crippen molar-refractivity contribution in [3.8, 4) is 0 Å². The summed E-state index contributed by atoms with van der Waals surface area (Å²) in [5.74, 6) is 0.701. The van der Waals surface area contributed by atoms with Crippen LogP contribution < -0.4 is 5.32 Å². The molecule has 0 spiro atoms. The molecule has 1 heterocycles. The molecule has 84 valence electrons. The minimum Gasteiger partial charge on any atom is -0.389 e. The Morgan fingerprint density at radius 2 is 2.14 bits per heavy atom. The van der Waals surface area contributed by atoms with Gasteiger partial charge in [0.1, 0.15) is 0 Å². The SMILES string of the molecule is CNC(C1CC(C)CCO1)C(C)(C)O. The van der Waals surface area contributed by atoms with Crippen LogP contribution in [-0.2, 0) is 4.74 Å². The third-order valence-electron chi connectivity index (χ3n) is 3.02. The van der Waals surface area contributed by atoms with Crippen LogP contribution in [0.2, 0.25) is 0 Å². The molecule has 0 aromatic heterocycles. The fourth-order valence-corrected chi connectivity index (χ4v) is 2.23. The van der Waals surface area contributed by atoms with Gasteiger partial charge in [-0.05, 0) is 39.7 Å². The number of likely N-dealkylation sites (N-methyl/N-ethyl adjacent to an activating group) is 1. The molecule has 1 aliphatic heterocycles. The summed E-state index contributed by atoms with van der Waals surface area (Å²) in [4.78, 5) is 0. The Kier molecular flexibility index (Phi) is 3.93. The van der Waals surface area contributed by atoms with Gasteiger partial charge in [-0.15, -0.1) is 0 Å². The number of hydrogen-bond acceptors (Lipinski definition) is 3. The molecule has 1 saturated heterocycles. The van der Waals surface area contributed by atoms with Gasteiger partial charge in [0.15, 0.2) is 0 Å². The highest BCUT2D eigenvalue weighted by Crippen LogP contribution is 2.25. The second-order valence-electron chi connectivity index (χ2n) is 4.96. The van der Waals surface area contributed by atoms with E-state index >= 15 is 0 Å². The van der Waals surface area contributed by atoms with Crippen molar-refractivity contribution < 1.29 is 9.84 Å². The number of nitrogens with one attached hydrogen (secondary N) is 1. The predicted molar refractivity (Wildman–Crippen MR) is 57.3 cm³/mol. The first-order valence-electron chi connectivity index (χ1n) is 5.46. The lowest BCUT2D eigenvalue weighted by Gasteiger charge is -2.39. The molecule has 0 bridgehead atoms. The summed E-state index contributed by atoms with van der Waals surface area (Å²) in [6.45, 7) is 6.72. The Bertz CT molecular complexity index is 177. The van der Waals surface area contributed by atoms with E-state index in [1.807, 2.05) is 20.9 Å². The summed E-state index contributed by atoms with van der Waals surface area (Å²) in [5.41, 5.74) is -0.726. The Morgan fingerprint density at radius 1 is 1.50 bits per heavy atom. The van der Waals surface area contributed by atoms with Gasteiger partial charge >= 0.3 is 0 Å². The van der Waals surface area contributed by atoms with Gasteiger partial charge in [-0.25, -0.2) is 0 Å². The van der Waals surface area contributed by atoms with E-state index in [4.69, 9.17) is 4.74 Å². The molecule has 3 unspecified atom stereocenters. The topological polar surface area (TPSA) is 41.5 Å². The van der Waals surface area contributed by atoms with Crippen LogP contribution >= 0.6 is 0 Å². The minimum absolute atomic E-state index is 0.0187. The largest absolute Gasteiger partial charge is 0.389 e. The van der Waals surface area contributed by atoms with Crippen molar-refractivity contribution in [2.24, 2.45) is 5.92 Å². The number of ether oxygens (including phenoxy) is 1. The molecule has 0 aromatic carbocycles. The monoisotopic (exact) mass is 201 g/mol. The molecule has 14 heavy (non-hydrogen) atoms. The Balaban J connectivity index is 2.60. The summed E-state index contributed by atoms with van der Waals surface area (Å²) >= 11 is 0. The average Bonchev–Trinajstić information content (AvgIpc) is 2.02. The lowest BCUT2D eigenvalue weighted by atomic mass is 9.86. The fraction of sp³-hybridized carbons (Fsp3) is 1.00. The highest BCUT2D eigenvalue weighted by Gasteiger charge is 2.35. The second kappa shape index (κ2) is 4.60. The maximum Gasteiger partial charge on any atom is 0.0769 e. The van der Waals surface area contributed by atoms with Gasteiger partial charge in [-0.1, -0.05) is 6.92 Å². The molecule has 3 atom stereocenters. The zero-order valence-electron chi connectivity index (χ0n) is 9.71. The molecule has 0 aliphatic carbocycles. The van der Waals surface area contributed by atoms with Crippen LogP contribution in [0.4, 0.5) is 0 Å². The molecule has 2 N–H and O–H groups in total. The average molecular weight is 201 g/mol. The number of hydrogen-bond donors (Lipinski definition) is 2.